The molecule has 1 aromatic rings. The Hall–Kier alpha value is -1.62. The van der Waals surface area contributed by atoms with Gasteiger partial charge in [0.1, 0.15) is 0 Å². The zero-order chi connectivity index (χ0) is 13.9. The average Bonchev–Trinajstić information content (AvgIpc) is 2.38. The van der Waals surface area contributed by atoms with Gasteiger partial charge in [-0.05, 0) is 36.8 Å². The smallest absolute Gasteiger partial charge is 0.269 e. The lowest BCUT2D eigenvalue weighted by atomic mass is 9.82. The van der Waals surface area contributed by atoms with Crippen molar-refractivity contribution < 1.29 is 9.66 Å². The van der Waals surface area contributed by atoms with Crippen LogP contribution in [0.25, 0.3) is 0 Å². The number of hydrogen-bond acceptors (Lipinski definition) is 4. The van der Waals surface area contributed by atoms with Crippen LogP contribution < -0.4 is 5.32 Å². The molecule has 0 atom stereocenters. The fourth-order valence-electron chi connectivity index (χ4n) is 2.31. The van der Waals surface area contributed by atoms with Gasteiger partial charge in [0.2, 0.25) is 0 Å². The highest BCUT2D eigenvalue weighted by Crippen LogP contribution is 2.31. The van der Waals surface area contributed by atoms with E-state index in [4.69, 9.17) is 4.74 Å². The average molecular weight is 264 g/mol. The van der Waals surface area contributed by atoms with Gasteiger partial charge in [-0.1, -0.05) is 6.92 Å². The van der Waals surface area contributed by atoms with Crippen molar-refractivity contribution in [2.75, 3.05) is 25.1 Å². The number of anilines is 1. The molecule has 1 aliphatic heterocycles. The highest BCUT2D eigenvalue weighted by Gasteiger charge is 2.27. The fraction of sp³-hybridized carbons (Fsp3) is 0.571. The zero-order valence-electron chi connectivity index (χ0n) is 11.4. The fourth-order valence-corrected chi connectivity index (χ4v) is 2.31. The maximum Gasteiger partial charge on any atom is 0.269 e. The van der Waals surface area contributed by atoms with Crippen LogP contribution in [0, 0.1) is 22.5 Å². The Morgan fingerprint density at radius 3 is 2.68 bits per heavy atom. The summed E-state index contributed by atoms with van der Waals surface area (Å²) in [5.74, 6) is 0. The van der Waals surface area contributed by atoms with Crippen LogP contribution >= 0.6 is 0 Å². The second-order valence-corrected chi connectivity index (χ2v) is 5.53. The van der Waals surface area contributed by atoms with Crippen molar-refractivity contribution in [3.63, 3.8) is 0 Å². The molecule has 104 valence electrons. The topological polar surface area (TPSA) is 64.4 Å². The molecule has 1 aliphatic rings. The van der Waals surface area contributed by atoms with Gasteiger partial charge in [0, 0.05) is 37.6 Å². The number of benzene rings is 1. The van der Waals surface area contributed by atoms with E-state index in [9.17, 15) is 10.1 Å². The lowest BCUT2D eigenvalue weighted by Gasteiger charge is -2.34. The second-order valence-electron chi connectivity index (χ2n) is 5.53. The van der Waals surface area contributed by atoms with Gasteiger partial charge < -0.3 is 10.1 Å². The molecule has 0 saturated carbocycles. The summed E-state index contributed by atoms with van der Waals surface area (Å²) >= 11 is 0. The van der Waals surface area contributed by atoms with Crippen LogP contribution in [0.5, 0.6) is 0 Å². The van der Waals surface area contributed by atoms with E-state index in [0.717, 1.165) is 43.9 Å². The number of aryl methyl sites for hydroxylation is 1. The quantitative estimate of drug-likeness (QED) is 0.670. The molecule has 1 fully saturated rings. The van der Waals surface area contributed by atoms with Crippen molar-refractivity contribution in [1.82, 2.24) is 0 Å². The summed E-state index contributed by atoms with van der Waals surface area (Å²) in [4.78, 5) is 10.3. The maximum atomic E-state index is 10.7. The summed E-state index contributed by atoms with van der Waals surface area (Å²) < 4.78 is 5.38. The minimum absolute atomic E-state index is 0.139. The molecule has 1 aromatic carbocycles. The third kappa shape index (κ3) is 3.44. The van der Waals surface area contributed by atoms with Gasteiger partial charge in [-0.25, -0.2) is 0 Å². The van der Waals surface area contributed by atoms with E-state index in [1.165, 1.54) is 0 Å². The van der Waals surface area contributed by atoms with Crippen molar-refractivity contribution in [3.05, 3.63) is 33.9 Å². The summed E-state index contributed by atoms with van der Waals surface area (Å²) in [6.45, 7) is 6.65. The van der Waals surface area contributed by atoms with Gasteiger partial charge >= 0.3 is 0 Å². The third-order valence-electron chi connectivity index (χ3n) is 3.83. The molecule has 19 heavy (non-hydrogen) atoms. The van der Waals surface area contributed by atoms with Gasteiger partial charge in [0.15, 0.2) is 0 Å². The van der Waals surface area contributed by atoms with Gasteiger partial charge in [0.05, 0.1) is 4.92 Å². The van der Waals surface area contributed by atoms with Gasteiger partial charge in [-0.15, -0.1) is 0 Å². The third-order valence-corrected chi connectivity index (χ3v) is 3.83. The summed E-state index contributed by atoms with van der Waals surface area (Å²) in [6.07, 6.45) is 2.10. The van der Waals surface area contributed by atoms with Crippen LogP contribution in [0.2, 0.25) is 0 Å². The van der Waals surface area contributed by atoms with Gasteiger partial charge in [0.25, 0.3) is 5.69 Å². The molecule has 0 aromatic heterocycles. The Kier molecular flexibility index (Phi) is 4.04. The first-order valence-corrected chi connectivity index (χ1v) is 6.57. The molecule has 5 nitrogen and oxygen atoms in total. The Bertz CT molecular complexity index is 468. The summed E-state index contributed by atoms with van der Waals surface area (Å²) in [5, 5.41) is 14.1. The lowest BCUT2D eigenvalue weighted by Crippen LogP contribution is -2.33. The molecule has 0 aliphatic carbocycles. The number of hydrogen-bond donors (Lipinski definition) is 1. The van der Waals surface area contributed by atoms with E-state index in [-0.39, 0.29) is 16.0 Å². The van der Waals surface area contributed by atoms with Crippen molar-refractivity contribution in [3.8, 4) is 0 Å². The molecule has 0 radical (unpaired) electrons. The number of nitro groups is 1. The summed E-state index contributed by atoms with van der Waals surface area (Å²) in [6, 6.07) is 4.94. The Labute approximate surface area is 113 Å². The van der Waals surface area contributed by atoms with Gasteiger partial charge in [-0.3, -0.25) is 10.1 Å². The molecule has 0 amide bonds. The first-order chi connectivity index (χ1) is 9.00. The van der Waals surface area contributed by atoms with E-state index >= 15 is 0 Å². The zero-order valence-corrected chi connectivity index (χ0v) is 11.4. The molecule has 2 rings (SSSR count). The SMILES string of the molecule is Cc1cc([N+](=O)[O-])ccc1NCC1(C)CCOCC1. The van der Waals surface area contributed by atoms with Gasteiger partial charge in [-0.2, -0.15) is 0 Å². The molecule has 1 saturated heterocycles. The lowest BCUT2D eigenvalue weighted by molar-refractivity contribution is -0.384. The van der Waals surface area contributed by atoms with Crippen molar-refractivity contribution >= 4 is 11.4 Å². The largest absolute Gasteiger partial charge is 0.384 e. The van der Waals surface area contributed by atoms with Crippen LogP contribution in [0.4, 0.5) is 11.4 Å². The van der Waals surface area contributed by atoms with E-state index in [0.29, 0.717) is 0 Å². The highest BCUT2D eigenvalue weighted by molar-refractivity contribution is 5.55. The number of nitrogens with zero attached hydrogens (tertiary/aromatic N) is 1. The van der Waals surface area contributed by atoms with Crippen molar-refractivity contribution in [2.45, 2.75) is 26.7 Å². The number of ether oxygens (including phenoxy) is 1. The molecule has 5 heteroatoms. The van der Waals surface area contributed by atoms with E-state index in [1.807, 2.05) is 6.92 Å². The first-order valence-electron chi connectivity index (χ1n) is 6.57. The second kappa shape index (κ2) is 5.57. The minimum Gasteiger partial charge on any atom is -0.384 e. The Morgan fingerprint density at radius 1 is 1.42 bits per heavy atom. The molecular weight excluding hydrogens is 244 g/mol. The summed E-state index contributed by atoms with van der Waals surface area (Å²) in [5.41, 5.74) is 2.26. The van der Waals surface area contributed by atoms with Crippen molar-refractivity contribution in [1.29, 1.82) is 0 Å². The number of rotatable bonds is 4. The van der Waals surface area contributed by atoms with Crippen LogP contribution in [0.1, 0.15) is 25.3 Å². The summed E-state index contributed by atoms with van der Waals surface area (Å²) in [7, 11) is 0. The minimum atomic E-state index is -0.365. The number of nitro benzene ring substituents is 1. The normalized spacial score (nSPS) is 18.0. The van der Waals surface area contributed by atoms with E-state index < -0.39 is 0 Å². The molecular formula is C14H20N2O3. The van der Waals surface area contributed by atoms with Crippen LogP contribution in [0.15, 0.2) is 18.2 Å². The van der Waals surface area contributed by atoms with Crippen molar-refractivity contribution in [2.24, 2.45) is 5.41 Å². The molecule has 0 spiro atoms. The molecule has 1 N–H and O–H groups in total. The molecule has 1 heterocycles. The van der Waals surface area contributed by atoms with E-state index in [1.54, 1.807) is 18.2 Å². The number of non-ortho nitro benzene ring substituents is 1. The molecule has 0 unspecified atom stereocenters. The predicted octanol–water partition coefficient (Wildman–Crippen LogP) is 3.13. The Morgan fingerprint density at radius 2 is 2.11 bits per heavy atom. The van der Waals surface area contributed by atoms with Crippen LogP contribution in [0.3, 0.4) is 0 Å². The molecule has 0 bridgehead atoms. The van der Waals surface area contributed by atoms with E-state index in [2.05, 4.69) is 12.2 Å². The standard InChI is InChI=1S/C14H20N2O3/c1-11-9-12(16(17)18)3-4-13(11)15-10-14(2)5-7-19-8-6-14/h3-4,9,15H,5-8,10H2,1-2H3. The monoisotopic (exact) mass is 264 g/mol. The maximum absolute atomic E-state index is 10.7. The first kappa shape index (κ1) is 13.8. The van der Waals surface area contributed by atoms with Crippen LogP contribution in [-0.4, -0.2) is 24.7 Å². The number of nitrogens with one attached hydrogen (secondary N) is 1. The van der Waals surface area contributed by atoms with Crippen LogP contribution in [-0.2, 0) is 4.74 Å². The highest BCUT2D eigenvalue weighted by atomic mass is 16.6. The predicted molar refractivity (Wildman–Crippen MR) is 74.5 cm³/mol. The Balaban J connectivity index is 2.01.